The molecule has 0 amide bonds. The van der Waals surface area contributed by atoms with Crippen LogP contribution < -0.4 is 10.5 Å². The minimum Gasteiger partial charge on any atom is -0.492 e. The molecule has 1 aliphatic carbocycles. The number of para-hydroxylation sites is 1. The number of ether oxygens (including phenoxy) is 1. The molecular formula is C14H15N3O2. The maximum atomic E-state index is 6.08. The van der Waals surface area contributed by atoms with Crippen molar-refractivity contribution in [3.05, 3.63) is 41.5 Å². The van der Waals surface area contributed by atoms with Crippen LogP contribution in [0.15, 0.2) is 28.8 Å². The van der Waals surface area contributed by atoms with Gasteiger partial charge in [-0.3, -0.25) is 0 Å². The first kappa shape index (κ1) is 11.0. The lowest BCUT2D eigenvalue weighted by atomic mass is 10.0. The Morgan fingerprint density at radius 1 is 1.26 bits per heavy atom. The van der Waals surface area contributed by atoms with Crippen molar-refractivity contribution in [3.8, 4) is 5.75 Å². The lowest BCUT2D eigenvalue weighted by Crippen LogP contribution is -2.13. The molecule has 1 saturated carbocycles. The van der Waals surface area contributed by atoms with Gasteiger partial charge in [0.2, 0.25) is 5.89 Å². The Bertz CT molecular complexity index is 606. The Hall–Kier alpha value is -1.88. The van der Waals surface area contributed by atoms with Gasteiger partial charge in [-0.05, 0) is 24.8 Å². The maximum Gasteiger partial charge on any atom is 0.243 e. The van der Waals surface area contributed by atoms with E-state index in [4.69, 9.17) is 15.0 Å². The predicted octanol–water partition coefficient (Wildman–Crippen LogP) is 2.00. The Labute approximate surface area is 110 Å². The molecule has 19 heavy (non-hydrogen) atoms. The first-order chi connectivity index (χ1) is 9.33. The van der Waals surface area contributed by atoms with Crippen molar-refractivity contribution in [2.75, 3.05) is 6.61 Å². The third-order valence-corrected chi connectivity index (χ3v) is 3.88. The van der Waals surface area contributed by atoms with Gasteiger partial charge < -0.3 is 15.0 Å². The van der Waals surface area contributed by atoms with Crippen molar-refractivity contribution in [1.29, 1.82) is 0 Å². The first-order valence-corrected chi connectivity index (χ1v) is 6.64. The second kappa shape index (κ2) is 4.06. The van der Waals surface area contributed by atoms with Gasteiger partial charge in [0.15, 0.2) is 5.82 Å². The zero-order chi connectivity index (χ0) is 12.8. The first-order valence-electron chi connectivity index (χ1n) is 6.64. The Morgan fingerprint density at radius 2 is 2.11 bits per heavy atom. The van der Waals surface area contributed by atoms with Crippen LogP contribution in [0.25, 0.3) is 0 Å². The SMILES string of the molecule is NC(c1nc(C2COc3ccccc32)no1)C1CC1. The van der Waals surface area contributed by atoms with E-state index in [1.165, 1.54) is 0 Å². The molecule has 98 valence electrons. The summed E-state index contributed by atoms with van der Waals surface area (Å²) < 4.78 is 11.0. The summed E-state index contributed by atoms with van der Waals surface area (Å²) >= 11 is 0. The Kier molecular flexibility index (Phi) is 2.35. The molecule has 2 aliphatic rings. The predicted molar refractivity (Wildman–Crippen MR) is 67.7 cm³/mol. The lowest BCUT2D eigenvalue weighted by Gasteiger charge is -2.03. The molecule has 2 unspecified atom stereocenters. The third-order valence-electron chi connectivity index (χ3n) is 3.88. The van der Waals surface area contributed by atoms with Crippen LogP contribution in [0.3, 0.4) is 0 Å². The molecule has 1 aliphatic heterocycles. The van der Waals surface area contributed by atoms with E-state index in [9.17, 15) is 0 Å². The summed E-state index contributed by atoms with van der Waals surface area (Å²) in [6.07, 6.45) is 2.32. The van der Waals surface area contributed by atoms with Crippen LogP contribution in [0.2, 0.25) is 0 Å². The molecule has 2 N–H and O–H groups in total. The lowest BCUT2D eigenvalue weighted by molar-refractivity contribution is 0.324. The second-order valence-corrected chi connectivity index (χ2v) is 5.26. The summed E-state index contributed by atoms with van der Waals surface area (Å²) in [5.41, 5.74) is 7.20. The summed E-state index contributed by atoms with van der Waals surface area (Å²) in [7, 11) is 0. The van der Waals surface area contributed by atoms with Crippen LogP contribution >= 0.6 is 0 Å². The fourth-order valence-corrected chi connectivity index (χ4v) is 2.56. The number of aromatic nitrogens is 2. The van der Waals surface area contributed by atoms with E-state index < -0.39 is 0 Å². The van der Waals surface area contributed by atoms with E-state index in [0.717, 1.165) is 24.2 Å². The average Bonchev–Trinajstić information content (AvgIpc) is 3.01. The van der Waals surface area contributed by atoms with Gasteiger partial charge in [-0.1, -0.05) is 23.4 Å². The van der Waals surface area contributed by atoms with Crippen LogP contribution in [0.1, 0.15) is 42.1 Å². The number of benzene rings is 1. The van der Waals surface area contributed by atoms with Crippen molar-refractivity contribution < 1.29 is 9.26 Å². The number of nitrogens with zero attached hydrogens (tertiary/aromatic N) is 2. The smallest absolute Gasteiger partial charge is 0.243 e. The zero-order valence-corrected chi connectivity index (χ0v) is 10.5. The summed E-state index contributed by atoms with van der Waals surface area (Å²) in [6, 6.07) is 7.86. The topological polar surface area (TPSA) is 74.2 Å². The van der Waals surface area contributed by atoms with Gasteiger partial charge in [-0.15, -0.1) is 0 Å². The molecule has 1 aromatic heterocycles. The molecule has 2 heterocycles. The molecule has 5 heteroatoms. The van der Waals surface area contributed by atoms with Crippen LogP contribution in [-0.2, 0) is 0 Å². The minimum atomic E-state index is -0.112. The van der Waals surface area contributed by atoms with Crippen molar-refractivity contribution >= 4 is 0 Å². The van der Waals surface area contributed by atoms with Crippen molar-refractivity contribution in [2.24, 2.45) is 11.7 Å². The van der Waals surface area contributed by atoms with Gasteiger partial charge in [-0.2, -0.15) is 4.98 Å². The molecule has 0 radical (unpaired) electrons. The highest BCUT2D eigenvalue weighted by Crippen LogP contribution is 2.40. The maximum absolute atomic E-state index is 6.08. The van der Waals surface area contributed by atoms with Crippen molar-refractivity contribution in [1.82, 2.24) is 10.1 Å². The highest BCUT2D eigenvalue weighted by Gasteiger charge is 2.35. The molecular weight excluding hydrogens is 242 g/mol. The van der Waals surface area contributed by atoms with E-state index in [1.54, 1.807) is 0 Å². The van der Waals surface area contributed by atoms with Gasteiger partial charge in [0, 0.05) is 5.56 Å². The monoisotopic (exact) mass is 257 g/mol. The normalized spacial score (nSPS) is 22.9. The van der Waals surface area contributed by atoms with Crippen LogP contribution in [0.4, 0.5) is 0 Å². The molecule has 0 saturated heterocycles. The second-order valence-electron chi connectivity index (χ2n) is 5.26. The van der Waals surface area contributed by atoms with Crippen LogP contribution in [-0.4, -0.2) is 16.7 Å². The molecule has 0 bridgehead atoms. The van der Waals surface area contributed by atoms with E-state index >= 15 is 0 Å². The van der Waals surface area contributed by atoms with E-state index in [-0.39, 0.29) is 12.0 Å². The standard InChI is InChI=1S/C14H15N3O2/c15-12(8-5-6-8)14-16-13(17-19-14)10-7-18-11-4-2-1-3-9(10)11/h1-4,8,10,12H,5-7,15H2. The highest BCUT2D eigenvalue weighted by atomic mass is 16.5. The molecule has 2 atom stereocenters. The van der Waals surface area contributed by atoms with Gasteiger partial charge in [0.1, 0.15) is 12.4 Å². The van der Waals surface area contributed by atoms with E-state index in [0.29, 0.717) is 24.2 Å². The van der Waals surface area contributed by atoms with Crippen molar-refractivity contribution in [3.63, 3.8) is 0 Å². The molecule has 1 aromatic carbocycles. The number of fused-ring (bicyclic) bond motifs is 1. The fraction of sp³-hybridized carbons (Fsp3) is 0.429. The average molecular weight is 257 g/mol. The molecule has 1 fully saturated rings. The fourth-order valence-electron chi connectivity index (χ4n) is 2.56. The Morgan fingerprint density at radius 3 is 2.95 bits per heavy atom. The number of rotatable bonds is 3. The summed E-state index contributed by atoms with van der Waals surface area (Å²) in [4.78, 5) is 4.47. The van der Waals surface area contributed by atoms with Gasteiger partial charge >= 0.3 is 0 Å². The zero-order valence-electron chi connectivity index (χ0n) is 10.5. The summed E-state index contributed by atoms with van der Waals surface area (Å²) in [6.45, 7) is 0.566. The summed E-state index contributed by atoms with van der Waals surface area (Å²) in [5.74, 6) is 2.71. The van der Waals surface area contributed by atoms with Crippen molar-refractivity contribution in [2.45, 2.75) is 24.8 Å². The molecule has 5 nitrogen and oxygen atoms in total. The molecule has 4 rings (SSSR count). The number of hydrogen-bond donors (Lipinski definition) is 1. The van der Waals surface area contributed by atoms with E-state index in [2.05, 4.69) is 10.1 Å². The Balaban J connectivity index is 1.63. The number of hydrogen-bond acceptors (Lipinski definition) is 5. The van der Waals surface area contributed by atoms with Gasteiger partial charge in [0.25, 0.3) is 0 Å². The third kappa shape index (κ3) is 1.81. The van der Waals surface area contributed by atoms with Crippen LogP contribution in [0.5, 0.6) is 5.75 Å². The summed E-state index contributed by atoms with van der Waals surface area (Å²) in [5, 5.41) is 4.08. The molecule has 0 spiro atoms. The van der Waals surface area contributed by atoms with Gasteiger partial charge in [0.05, 0.1) is 12.0 Å². The molecule has 2 aromatic rings. The number of nitrogens with two attached hydrogens (primary N) is 1. The quantitative estimate of drug-likeness (QED) is 0.910. The minimum absolute atomic E-state index is 0.0557. The largest absolute Gasteiger partial charge is 0.492 e. The van der Waals surface area contributed by atoms with Crippen LogP contribution in [0, 0.1) is 5.92 Å². The highest BCUT2D eigenvalue weighted by molar-refractivity contribution is 5.42. The van der Waals surface area contributed by atoms with E-state index in [1.807, 2.05) is 24.3 Å². The van der Waals surface area contributed by atoms with Gasteiger partial charge in [-0.25, -0.2) is 0 Å².